The Bertz CT molecular complexity index is 339. The van der Waals surface area contributed by atoms with E-state index in [1.807, 2.05) is 0 Å². The summed E-state index contributed by atoms with van der Waals surface area (Å²) in [7, 11) is -3.01. The second kappa shape index (κ2) is 3.71. The summed E-state index contributed by atoms with van der Waals surface area (Å²) in [6.07, 6.45) is 3.49. The van der Waals surface area contributed by atoms with E-state index in [2.05, 4.69) is 19.2 Å². The molecule has 0 radical (unpaired) electrons. The first-order chi connectivity index (χ1) is 6.88. The second-order valence-corrected chi connectivity index (χ2v) is 7.10. The number of nitrogens with one attached hydrogen (secondary N) is 1. The Morgan fingerprint density at radius 2 is 2.00 bits per heavy atom. The van der Waals surface area contributed by atoms with Crippen LogP contribution in [0.3, 0.4) is 0 Å². The third-order valence-corrected chi connectivity index (χ3v) is 4.68. The molecule has 3 atom stereocenters. The maximum absolute atomic E-state index is 11.6. The van der Waals surface area contributed by atoms with Crippen molar-refractivity contribution in [2.45, 2.75) is 44.8 Å². The molecular weight excluding hydrogens is 212 g/mol. The Balaban J connectivity index is 2.09. The Kier molecular flexibility index (Phi) is 2.81. The van der Waals surface area contributed by atoms with E-state index < -0.39 is 10.0 Å². The van der Waals surface area contributed by atoms with E-state index in [0.29, 0.717) is 18.0 Å². The van der Waals surface area contributed by atoms with Crippen LogP contribution in [0.1, 0.15) is 26.7 Å². The molecule has 2 fully saturated rings. The molecule has 2 rings (SSSR count). The predicted octanol–water partition coefficient (Wildman–Crippen LogP) is 0.407. The summed E-state index contributed by atoms with van der Waals surface area (Å²) in [6.45, 7) is 4.95. The first-order valence-electron chi connectivity index (χ1n) is 5.61. The third kappa shape index (κ3) is 2.19. The van der Waals surface area contributed by atoms with Crippen molar-refractivity contribution in [1.29, 1.82) is 0 Å². The molecule has 1 saturated heterocycles. The van der Waals surface area contributed by atoms with Gasteiger partial charge in [0.2, 0.25) is 10.0 Å². The van der Waals surface area contributed by atoms with Gasteiger partial charge in [0.05, 0.1) is 6.26 Å². The molecule has 0 amide bonds. The van der Waals surface area contributed by atoms with E-state index in [-0.39, 0.29) is 6.04 Å². The third-order valence-electron chi connectivity index (χ3n) is 3.41. The van der Waals surface area contributed by atoms with Gasteiger partial charge in [-0.05, 0) is 18.8 Å². The molecule has 0 aromatic heterocycles. The van der Waals surface area contributed by atoms with Crippen molar-refractivity contribution in [1.82, 2.24) is 9.62 Å². The molecule has 1 heterocycles. The van der Waals surface area contributed by atoms with Gasteiger partial charge in [-0.25, -0.2) is 8.42 Å². The highest BCUT2D eigenvalue weighted by Crippen LogP contribution is 2.39. The molecule has 0 aromatic rings. The van der Waals surface area contributed by atoms with Crippen LogP contribution in [0.4, 0.5) is 0 Å². The highest BCUT2D eigenvalue weighted by Gasteiger charge is 2.48. The summed E-state index contributed by atoms with van der Waals surface area (Å²) in [5.41, 5.74) is 0. The standard InChI is InChI=1S/C10H20N2O2S/c1-7(2)11-9-4-8-5-10(9)12(6-8)15(3,13)14/h7-11H,4-6H2,1-3H3. The summed E-state index contributed by atoms with van der Waals surface area (Å²) >= 11 is 0. The minimum atomic E-state index is -3.01. The summed E-state index contributed by atoms with van der Waals surface area (Å²) < 4.78 is 24.8. The minimum Gasteiger partial charge on any atom is -0.310 e. The van der Waals surface area contributed by atoms with Crippen LogP contribution in [0.25, 0.3) is 0 Å². The zero-order valence-corrected chi connectivity index (χ0v) is 10.4. The summed E-state index contributed by atoms with van der Waals surface area (Å²) in [4.78, 5) is 0. The number of sulfonamides is 1. The first kappa shape index (κ1) is 11.4. The average Bonchev–Trinajstić information content (AvgIpc) is 2.58. The fourth-order valence-corrected chi connectivity index (χ4v) is 4.17. The van der Waals surface area contributed by atoms with Gasteiger partial charge in [-0.1, -0.05) is 13.8 Å². The molecule has 88 valence electrons. The van der Waals surface area contributed by atoms with Crippen molar-refractivity contribution in [2.24, 2.45) is 5.92 Å². The lowest BCUT2D eigenvalue weighted by Crippen LogP contribution is -2.51. The highest BCUT2D eigenvalue weighted by molar-refractivity contribution is 7.88. The van der Waals surface area contributed by atoms with Gasteiger partial charge in [0, 0.05) is 24.7 Å². The molecule has 1 aliphatic carbocycles. The topological polar surface area (TPSA) is 49.4 Å². The van der Waals surface area contributed by atoms with E-state index in [4.69, 9.17) is 0 Å². The van der Waals surface area contributed by atoms with Crippen molar-refractivity contribution in [2.75, 3.05) is 12.8 Å². The van der Waals surface area contributed by atoms with Crippen LogP contribution in [0, 0.1) is 5.92 Å². The van der Waals surface area contributed by atoms with E-state index >= 15 is 0 Å². The van der Waals surface area contributed by atoms with E-state index in [0.717, 1.165) is 19.4 Å². The smallest absolute Gasteiger partial charge is 0.211 e. The van der Waals surface area contributed by atoms with Crippen LogP contribution in [-0.4, -0.2) is 43.6 Å². The van der Waals surface area contributed by atoms with Crippen LogP contribution in [0.15, 0.2) is 0 Å². The summed E-state index contributed by atoms with van der Waals surface area (Å²) in [5.74, 6) is 0.570. The summed E-state index contributed by atoms with van der Waals surface area (Å²) in [6, 6.07) is 0.988. The molecule has 3 unspecified atom stereocenters. The fraction of sp³-hybridized carbons (Fsp3) is 1.00. The normalized spacial score (nSPS) is 36.7. The van der Waals surface area contributed by atoms with Gasteiger partial charge in [-0.2, -0.15) is 4.31 Å². The molecule has 2 aliphatic rings. The van der Waals surface area contributed by atoms with Crippen LogP contribution in [0.5, 0.6) is 0 Å². The van der Waals surface area contributed by atoms with E-state index in [1.54, 1.807) is 4.31 Å². The molecular formula is C10H20N2O2S. The maximum atomic E-state index is 11.6. The second-order valence-electron chi connectivity index (χ2n) is 5.17. The van der Waals surface area contributed by atoms with Crippen molar-refractivity contribution in [3.63, 3.8) is 0 Å². The molecule has 1 aliphatic heterocycles. The van der Waals surface area contributed by atoms with Gasteiger partial charge in [0.25, 0.3) is 0 Å². The lowest BCUT2D eigenvalue weighted by molar-refractivity contribution is 0.260. The van der Waals surface area contributed by atoms with Crippen molar-refractivity contribution in [3.8, 4) is 0 Å². The van der Waals surface area contributed by atoms with Gasteiger partial charge in [-0.3, -0.25) is 0 Å². The molecule has 2 bridgehead atoms. The molecule has 1 N–H and O–H groups in total. The molecule has 0 spiro atoms. The van der Waals surface area contributed by atoms with Crippen LogP contribution >= 0.6 is 0 Å². The fourth-order valence-electron chi connectivity index (χ4n) is 2.96. The zero-order chi connectivity index (χ0) is 11.2. The van der Waals surface area contributed by atoms with E-state index in [1.165, 1.54) is 6.26 Å². The summed E-state index contributed by atoms with van der Waals surface area (Å²) in [5, 5.41) is 3.47. The Labute approximate surface area is 92.1 Å². The van der Waals surface area contributed by atoms with Crippen molar-refractivity contribution < 1.29 is 8.42 Å². The highest BCUT2D eigenvalue weighted by atomic mass is 32.2. The maximum Gasteiger partial charge on any atom is 0.211 e. The monoisotopic (exact) mass is 232 g/mol. The van der Waals surface area contributed by atoms with Crippen molar-refractivity contribution >= 4 is 10.0 Å². The van der Waals surface area contributed by atoms with Gasteiger partial charge in [0.1, 0.15) is 0 Å². The Hall–Kier alpha value is -0.130. The Morgan fingerprint density at radius 3 is 2.47 bits per heavy atom. The number of hydrogen-bond donors (Lipinski definition) is 1. The average molecular weight is 232 g/mol. The first-order valence-corrected chi connectivity index (χ1v) is 7.45. The number of piperidine rings is 1. The van der Waals surface area contributed by atoms with Gasteiger partial charge in [-0.15, -0.1) is 0 Å². The predicted molar refractivity (Wildman–Crippen MR) is 60.1 cm³/mol. The number of fused-ring (bicyclic) bond motifs is 2. The van der Waals surface area contributed by atoms with Gasteiger partial charge in [0.15, 0.2) is 0 Å². The number of hydrogen-bond acceptors (Lipinski definition) is 3. The lowest BCUT2D eigenvalue weighted by Gasteiger charge is -2.33. The molecule has 5 heteroatoms. The van der Waals surface area contributed by atoms with Crippen LogP contribution < -0.4 is 5.32 Å². The molecule has 1 saturated carbocycles. The van der Waals surface area contributed by atoms with E-state index in [9.17, 15) is 8.42 Å². The van der Waals surface area contributed by atoms with Crippen LogP contribution in [-0.2, 0) is 10.0 Å². The number of rotatable bonds is 3. The van der Waals surface area contributed by atoms with Crippen LogP contribution in [0.2, 0.25) is 0 Å². The van der Waals surface area contributed by atoms with Gasteiger partial charge < -0.3 is 5.32 Å². The lowest BCUT2D eigenvalue weighted by atomic mass is 10.1. The Morgan fingerprint density at radius 1 is 1.33 bits per heavy atom. The molecule has 15 heavy (non-hydrogen) atoms. The quantitative estimate of drug-likeness (QED) is 0.766. The zero-order valence-electron chi connectivity index (χ0n) is 9.60. The SMILES string of the molecule is CC(C)NC1CC2CC1N(S(C)(=O)=O)C2. The van der Waals surface area contributed by atoms with Gasteiger partial charge >= 0.3 is 0 Å². The minimum absolute atomic E-state index is 0.201. The number of nitrogens with zero attached hydrogens (tertiary/aromatic N) is 1. The largest absolute Gasteiger partial charge is 0.310 e. The van der Waals surface area contributed by atoms with Crippen molar-refractivity contribution in [3.05, 3.63) is 0 Å². The molecule has 0 aromatic carbocycles. The molecule has 4 nitrogen and oxygen atoms in total.